The lowest BCUT2D eigenvalue weighted by Gasteiger charge is -2.34. The van der Waals surface area contributed by atoms with E-state index in [0.717, 1.165) is 36.6 Å². The van der Waals surface area contributed by atoms with Crippen molar-refractivity contribution in [1.82, 2.24) is 25.3 Å². The van der Waals surface area contributed by atoms with E-state index in [4.69, 9.17) is 0 Å². The molecule has 1 atom stereocenters. The van der Waals surface area contributed by atoms with Crippen LogP contribution in [-0.2, 0) is 13.5 Å². The van der Waals surface area contributed by atoms with Crippen molar-refractivity contribution in [2.75, 3.05) is 18.0 Å². The zero-order valence-electron chi connectivity index (χ0n) is 21.7. The van der Waals surface area contributed by atoms with Gasteiger partial charge in [-0.05, 0) is 60.5 Å². The van der Waals surface area contributed by atoms with Crippen LogP contribution in [0.1, 0.15) is 34.3 Å². The normalized spacial score (nSPS) is 15.4. The van der Waals surface area contributed by atoms with Crippen LogP contribution in [0.15, 0.2) is 85.2 Å². The van der Waals surface area contributed by atoms with E-state index in [1.807, 2.05) is 30.3 Å². The molecule has 1 amide bonds. The fraction of sp³-hybridized carbons (Fsp3) is 0.226. The van der Waals surface area contributed by atoms with E-state index in [-0.39, 0.29) is 11.6 Å². The smallest absolute Gasteiger partial charge is 0.262 e. The molecule has 1 saturated heterocycles. The molecule has 8 heteroatoms. The molecule has 0 radical (unpaired) electrons. The van der Waals surface area contributed by atoms with E-state index in [2.05, 4.69) is 44.9 Å². The van der Waals surface area contributed by atoms with Gasteiger partial charge in [0.2, 0.25) is 0 Å². The summed E-state index contributed by atoms with van der Waals surface area (Å²) >= 11 is 0. The van der Waals surface area contributed by atoms with Gasteiger partial charge >= 0.3 is 0 Å². The zero-order valence-corrected chi connectivity index (χ0v) is 21.7. The van der Waals surface area contributed by atoms with Gasteiger partial charge in [0.15, 0.2) is 0 Å². The lowest BCUT2D eigenvalue weighted by atomic mass is 9.99. The van der Waals surface area contributed by atoms with Crippen molar-refractivity contribution in [2.45, 2.75) is 25.3 Å². The van der Waals surface area contributed by atoms with Gasteiger partial charge in [-0.25, -0.2) is 9.37 Å². The van der Waals surface area contributed by atoms with E-state index in [1.165, 1.54) is 23.3 Å². The lowest BCUT2D eigenvalue weighted by Crippen LogP contribution is -2.49. The largest absolute Gasteiger partial charge is 0.315 e. The number of fused-ring (bicyclic) bond motifs is 1. The third kappa shape index (κ3) is 5.15. The number of halogens is 1. The summed E-state index contributed by atoms with van der Waals surface area (Å²) in [5.41, 5.74) is 3.53. The molecule has 2 aromatic heterocycles. The Morgan fingerprint density at radius 2 is 1.95 bits per heavy atom. The number of nitrogens with one attached hydrogen (secondary N) is 1. The van der Waals surface area contributed by atoms with Gasteiger partial charge in [-0.2, -0.15) is 0 Å². The predicted molar refractivity (Wildman–Crippen MR) is 150 cm³/mol. The molecule has 6 rings (SSSR count). The highest BCUT2D eigenvalue weighted by molar-refractivity contribution is 6.10. The number of aryl methyl sites for hydroxylation is 1. The minimum atomic E-state index is -0.595. The molecule has 0 bridgehead atoms. The number of nitrogens with zero attached hydrogens (tertiary/aromatic N) is 5. The second-order valence-electron chi connectivity index (χ2n) is 10.00. The van der Waals surface area contributed by atoms with Crippen LogP contribution >= 0.6 is 0 Å². The first-order valence-electron chi connectivity index (χ1n) is 13.2. The fourth-order valence-electron chi connectivity index (χ4n) is 5.29. The second kappa shape index (κ2) is 10.7. The Kier molecular flexibility index (Phi) is 6.85. The van der Waals surface area contributed by atoms with Crippen LogP contribution in [0, 0.1) is 5.82 Å². The SMILES string of the molecule is Cn1cc(-c2ccc(C(=O)N(c3nccc4cc(Cc5ccccc5)ccc34)C3CCCNC3)c(F)c2)nn1. The Morgan fingerprint density at radius 3 is 2.69 bits per heavy atom. The monoisotopic (exact) mass is 520 g/mol. The standard InChI is InChI=1S/C31H29FN6O/c1-37-20-29(35-36-37)24-10-12-27(28(32)18-24)31(39)38(25-8-5-14-33-19-25)30-26-11-9-22(17-23(26)13-15-34-30)16-21-6-3-2-4-7-21/h2-4,6-7,9-13,15,17-18,20,25,33H,5,8,14,16,19H2,1H3. The fourth-order valence-corrected chi connectivity index (χ4v) is 5.29. The van der Waals surface area contributed by atoms with E-state index in [1.54, 1.807) is 35.1 Å². The number of pyridine rings is 1. The minimum absolute atomic E-state index is 0.00714. The van der Waals surface area contributed by atoms with Crippen LogP contribution in [0.4, 0.5) is 10.2 Å². The number of hydrogen-bond acceptors (Lipinski definition) is 5. The topological polar surface area (TPSA) is 75.9 Å². The molecular weight excluding hydrogens is 491 g/mol. The first kappa shape index (κ1) is 24.9. The molecule has 5 aromatic rings. The van der Waals surface area contributed by atoms with Crippen LogP contribution in [0.5, 0.6) is 0 Å². The Bertz CT molecular complexity index is 1630. The molecule has 1 unspecified atom stereocenters. The quantitative estimate of drug-likeness (QED) is 0.335. The number of rotatable bonds is 6. The summed E-state index contributed by atoms with van der Waals surface area (Å²) in [7, 11) is 1.75. The van der Waals surface area contributed by atoms with Gasteiger partial charge in [-0.15, -0.1) is 5.10 Å². The third-order valence-corrected chi connectivity index (χ3v) is 7.24. The average Bonchev–Trinajstić information content (AvgIpc) is 3.40. The first-order chi connectivity index (χ1) is 19.1. The van der Waals surface area contributed by atoms with E-state index >= 15 is 4.39 Å². The Balaban J connectivity index is 1.38. The predicted octanol–water partition coefficient (Wildman–Crippen LogP) is 5.16. The van der Waals surface area contributed by atoms with Crippen LogP contribution < -0.4 is 10.2 Å². The molecule has 0 saturated carbocycles. The zero-order chi connectivity index (χ0) is 26.8. The number of amides is 1. The average molecular weight is 521 g/mol. The van der Waals surface area contributed by atoms with Gasteiger partial charge in [0.25, 0.3) is 5.91 Å². The van der Waals surface area contributed by atoms with Gasteiger partial charge in [0.05, 0.1) is 17.8 Å². The van der Waals surface area contributed by atoms with Gasteiger partial charge in [-0.3, -0.25) is 14.4 Å². The summed E-state index contributed by atoms with van der Waals surface area (Å²) in [6, 6.07) is 23.0. The Morgan fingerprint density at radius 1 is 1.08 bits per heavy atom. The summed E-state index contributed by atoms with van der Waals surface area (Å²) < 4.78 is 17.0. The van der Waals surface area contributed by atoms with E-state index in [9.17, 15) is 4.79 Å². The van der Waals surface area contributed by atoms with Crippen molar-refractivity contribution < 1.29 is 9.18 Å². The summed E-state index contributed by atoms with van der Waals surface area (Å²) in [6.45, 7) is 1.51. The summed E-state index contributed by atoms with van der Waals surface area (Å²) in [5.74, 6) is -0.447. The molecule has 1 aliphatic heterocycles. The second-order valence-corrected chi connectivity index (χ2v) is 10.00. The number of benzene rings is 3. The van der Waals surface area contributed by atoms with E-state index < -0.39 is 11.7 Å². The van der Waals surface area contributed by atoms with Crippen LogP contribution in [0.25, 0.3) is 22.0 Å². The molecule has 0 aliphatic carbocycles. The summed E-state index contributed by atoms with van der Waals surface area (Å²) in [6.07, 6.45) is 5.99. The van der Waals surface area contributed by atoms with Crippen molar-refractivity contribution in [3.05, 3.63) is 108 Å². The summed E-state index contributed by atoms with van der Waals surface area (Å²) in [5, 5.41) is 13.2. The van der Waals surface area contributed by atoms with Crippen molar-refractivity contribution in [3.8, 4) is 11.3 Å². The van der Waals surface area contributed by atoms with Crippen LogP contribution in [0.2, 0.25) is 0 Å². The highest BCUT2D eigenvalue weighted by atomic mass is 19.1. The maximum absolute atomic E-state index is 15.5. The molecular formula is C31H29FN6O. The number of piperidine rings is 1. The van der Waals surface area contributed by atoms with Crippen LogP contribution in [-0.4, -0.2) is 45.0 Å². The van der Waals surface area contributed by atoms with Crippen molar-refractivity contribution in [1.29, 1.82) is 0 Å². The van der Waals surface area contributed by atoms with Crippen molar-refractivity contribution >= 4 is 22.5 Å². The third-order valence-electron chi connectivity index (χ3n) is 7.24. The number of carbonyl (C=O) groups excluding carboxylic acids is 1. The molecule has 0 spiro atoms. The number of aromatic nitrogens is 4. The van der Waals surface area contributed by atoms with Crippen molar-refractivity contribution in [3.63, 3.8) is 0 Å². The maximum Gasteiger partial charge on any atom is 0.262 e. The molecule has 39 heavy (non-hydrogen) atoms. The maximum atomic E-state index is 15.5. The Hall–Kier alpha value is -4.43. The van der Waals surface area contributed by atoms with Gasteiger partial charge < -0.3 is 5.32 Å². The molecule has 1 fully saturated rings. The molecule has 1 aliphatic rings. The first-order valence-corrected chi connectivity index (χ1v) is 13.2. The highest BCUT2D eigenvalue weighted by Crippen LogP contribution is 2.31. The van der Waals surface area contributed by atoms with Gasteiger partial charge in [0.1, 0.15) is 17.3 Å². The molecule has 3 heterocycles. The van der Waals surface area contributed by atoms with Gasteiger partial charge in [-0.1, -0.05) is 59.8 Å². The number of hydrogen-bond donors (Lipinski definition) is 1. The lowest BCUT2D eigenvalue weighted by molar-refractivity contribution is 0.0968. The number of anilines is 1. The minimum Gasteiger partial charge on any atom is -0.315 e. The molecule has 196 valence electrons. The Labute approximate surface area is 226 Å². The van der Waals surface area contributed by atoms with Crippen molar-refractivity contribution in [2.24, 2.45) is 7.05 Å². The van der Waals surface area contributed by atoms with Crippen LogP contribution in [0.3, 0.4) is 0 Å². The highest BCUT2D eigenvalue weighted by Gasteiger charge is 2.31. The molecule has 7 nitrogen and oxygen atoms in total. The van der Waals surface area contributed by atoms with Gasteiger partial charge in [0, 0.05) is 30.7 Å². The summed E-state index contributed by atoms with van der Waals surface area (Å²) in [4.78, 5) is 20.4. The van der Waals surface area contributed by atoms with E-state index in [0.29, 0.717) is 23.6 Å². The molecule has 3 aromatic carbocycles. The number of carbonyl (C=O) groups is 1. The molecule has 1 N–H and O–H groups in total.